The number of aromatic amines is 1. The predicted octanol–water partition coefficient (Wildman–Crippen LogP) is 4.54. The van der Waals surface area contributed by atoms with E-state index in [1.807, 2.05) is 31.2 Å². The topological polar surface area (TPSA) is 82.5 Å². The fourth-order valence-corrected chi connectivity index (χ4v) is 5.45. The molecule has 0 spiro atoms. The Bertz CT molecular complexity index is 1210. The molecule has 2 N–H and O–H groups in total. The van der Waals surface area contributed by atoms with Crippen LogP contribution in [0.25, 0.3) is 5.65 Å². The van der Waals surface area contributed by atoms with E-state index in [0.29, 0.717) is 17.3 Å². The van der Waals surface area contributed by atoms with Gasteiger partial charge >= 0.3 is 0 Å². The lowest BCUT2D eigenvalue weighted by Crippen LogP contribution is -2.32. The first-order chi connectivity index (χ1) is 15.5. The lowest BCUT2D eigenvalue weighted by Gasteiger charge is -2.30. The molecule has 0 bridgehead atoms. The van der Waals surface area contributed by atoms with E-state index >= 15 is 0 Å². The van der Waals surface area contributed by atoms with Crippen molar-refractivity contribution < 1.29 is 4.79 Å². The second-order valence-electron chi connectivity index (χ2n) is 9.19. The molecule has 3 aromatic rings. The summed E-state index contributed by atoms with van der Waals surface area (Å²) in [5.74, 6) is 0.0205. The van der Waals surface area contributed by atoms with Gasteiger partial charge in [0, 0.05) is 24.3 Å². The molecule has 168 valence electrons. The third-order valence-electron chi connectivity index (χ3n) is 7.03. The van der Waals surface area contributed by atoms with Gasteiger partial charge in [-0.2, -0.15) is 0 Å². The van der Waals surface area contributed by atoms with Gasteiger partial charge in [0.05, 0.1) is 17.1 Å². The number of amides is 1. The molecule has 1 aromatic carbocycles. The van der Waals surface area contributed by atoms with Gasteiger partial charge in [-0.05, 0) is 64.0 Å². The quantitative estimate of drug-likeness (QED) is 0.633. The van der Waals surface area contributed by atoms with Crippen molar-refractivity contribution in [1.82, 2.24) is 14.6 Å². The minimum absolute atomic E-state index is 0.0927. The van der Waals surface area contributed by atoms with Gasteiger partial charge < -0.3 is 10.2 Å². The number of hydrogen-bond acceptors (Lipinski definition) is 4. The molecule has 1 amide bonds. The van der Waals surface area contributed by atoms with E-state index in [1.54, 1.807) is 6.92 Å². The monoisotopic (exact) mass is 433 g/mol. The van der Waals surface area contributed by atoms with Crippen molar-refractivity contribution in [3.8, 4) is 0 Å². The lowest BCUT2D eigenvalue weighted by molar-refractivity contribution is 0.102. The number of benzene rings is 1. The van der Waals surface area contributed by atoms with Gasteiger partial charge in [0.25, 0.3) is 11.5 Å². The summed E-state index contributed by atoms with van der Waals surface area (Å²) in [6, 6.07) is 7.83. The number of aryl methyl sites for hydroxylation is 2. The maximum Gasteiger partial charge on any atom is 0.285 e. The summed E-state index contributed by atoms with van der Waals surface area (Å²) < 4.78 is 1.46. The van der Waals surface area contributed by atoms with E-state index in [2.05, 4.69) is 15.3 Å². The Balaban J connectivity index is 1.50. The van der Waals surface area contributed by atoms with Crippen LogP contribution in [-0.4, -0.2) is 33.6 Å². The van der Waals surface area contributed by atoms with Crippen molar-refractivity contribution in [2.75, 3.05) is 23.3 Å². The second kappa shape index (κ2) is 8.45. The van der Waals surface area contributed by atoms with Crippen molar-refractivity contribution in [2.24, 2.45) is 0 Å². The highest BCUT2D eigenvalue weighted by Crippen LogP contribution is 2.37. The number of carbonyl (C=O) groups excluding carboxylic acids is 1. The number of H-pyrrole nitrogens is 1. The number of para-hydroxylation sites is 2. The highest BCUT2D eigenvalue weighted by Gasteiger charge is 2.27. The molecule has 0 radical (unpaired) electrons. The first kappa shape index (κ1) is 20.8. The Morgan fingerprint density at radius 3 is 2.53 bits per heavy atom. The maximum absolute atomic E-state index is 13.4. The fourth-order valence-electron chi connectivity index (χ4n) is 5.45. The number of aromatic nitrogens is 3. The summed E-state index contributed by atoms with van der Waals surface area (Å²) in [5.41, 5.74) is 4.73. The number of fused-ring (bicyclic) bond motifs is 1. The van der Waals surface area contributed by atoms with E-state index in [-0.39, 0.29) is 11.1 Å². The van der Waals surface area contributed by atoms with Crippen molar-refractivity contribution in [2.45, 2.75) is 64.7 Å². The Morgan fingerprint density at radius 2 is 1.78 bits per heavy atom. The van der Waals surface area contributed by atoms with Crippen LogP contribution in [0, 0.1) is 13.8 Å². The third-order valence-corrected chi connectivity index (χ3v) is 7.03. The summed E-state index contributed by atoms with van der Waals surface area (Å²) in [6.45, 7) is 5.71. The van der Waals surface area contributed by atoms with Crippen LogP contribution in [0.5, 0.6) is 0 Å². The van der Waals surface area contributed by atoms with Crippen LogP contribution in [0.15, 0.2) is 29.1 Å². The minimum atomic E-state index is -0.409. The SMILES string of the molecule is Cc1nc2c(C3CCCC3)c(C)[nH]n2c(=O)c1C(=O)Nc1ccccc1N1CCCCC1. The summed E-state index contributed by atoms with van der Waals surface area (Å²) >= 11 is 0. The van der Waals surface area contributed by atoms with Gasteiger partial charge in [-0.3, -0.25) is 14.7 Å². The molecular weight excluding hydrogens is 402 g/mol. The predicted molar refractivity (Wildman–Crippen MR) is 127 cm³/mol. The van der Waals surface area contributed by atoms with Gasteiger partial charge in [-0.1, -0.05) is 25.0 Å². The van der Waals surface area contributed by atoms with E-state index in [4.69, 9.17) is 4.98 Å². The first-order valence-corrected chi connectivity index (χ1v) is 11.8. The van der Waals surface area contributed by atoms with Gasteiger partial charge in [-0.15, -0.1) is 0 Å². The van der Waals surface area contributed by atoms with Crippen LogP contribution in [0.1, 0.15) is 78.2 Å². The highest BCUT2D eigenvalue weighted by molar-refractivity contribution is 6.06. The summed E-state index contributed by atoms with van der Waals surface area (Å²) in [6.07, 6.45) is 8.21. The number of carbonyl (C=O) groups is 1. The zero-order valence-electron chi connectivity index (χ0n) is 18.9. The minimum Gasteiger partial charge on any atom is -0.370 e. The van der Waals surface area contributed by atoms with Crippen LogP contribution in [-0.2, 0) is 0 Å². The Kier molecular flexibility index (Phi) is 5.49. The summed E-state index contributed by atoms with van der Waals surface area (Å²) in [7, 11) is 0. The second-order valence-corrected chi connectivity index (χ2v) is 9.19. The molecule has 7 nitrogen and oxygen atoms in total. The van der Waals surface area contributed by atoms with Crippen LogP contribution in [0.2, 0.25) is 0 Å². The molecule has 2 fully saturated rings. The number of rotatable bonds is 4. The molecule has 1 aliphatic heterocycles. The lowest BCUT2D eigenvalue weighted by atomic mass is 9.98. The number of hydrogen-bond donors (Lipinski definition) is 2. The van der Waals surface area contributed by atoms with E-state index in [1.165, 1.54) is 23.8 Å². The number of anilines is 2. The van der Waals surface area contributed by atoms with Gasteiger partial charge in [-0.25, -0.2) is 9.50 Å². The zero-order chi connectivity index (χ0) is 22.2. The normalized spacial score (nSPS) is 17.2. The molecule has 32 heavy (non-hydrogen) atoms. The standard InChI is InChI=1S/C25H31N5O2/c1-16-22(24(31)27-19-12-6-7-13-20(19)29-14-8-3-9-15-29)25(32)30-23(26-16)21(17(2)28-30)18-10-4-5-11-18/h6-7,12-13,18,28H,3-5,8-11,14-15H2,1-2H3,(H,27,31). The van der Waals surface area contributed by atoms with Crippen molar-refractivity contribution in [3.05, 3.63) is 57.1 Å². The van der Waals surface area contributed by atoms with Gasteiger partial charge in [0.2, 0.25) is 0 Å². The van der Waals surface area contributed by atoms with Gasteiger partial charge in [0.1, 0.15) is 5.56 Å². The highest BCUT2D eigenvalue weighted by atomic mass is 16.2. The third kappa shape index (κ3) is 3.59. The molecule has 5 rings (SSSR count). The van der Waals surface area contributed by atoms with Crippen molar-refractivity contribution in [1.29, 1.82) is 0 Å². The van der Waals surface area contributed by atoms with Crippen LogP contribution < -0.4 is 15.8 Å². The van der Waals surface area contributed by atoms with Crippen molar-refractivity contribution >= 4 is 22.9 Å². The molecule has 3 heterocycles. The van der Waals surface area contributed by atoms with E-state index in [0.717, 1.165) is 61.4 Å². The molecule has 0 unspecified atom stereocenters. The molecule has 7 heteroatoms. The van der Waals surface area contributed by atoms with E-state index in [9.17, 15) is 9.59 Å². The summed E-state index contributed by atoms with van der Waals surface area (Å²) in [5, 5.41) is 6.17. The molecule has 2 aliphatic rings. The van der Waals surface area contributed by atoms with Crippen molar-refractivity contribution in [3.63, 3.8) is 0 Å². The molecule has 1 aliphatic carbocycles. The van der Waals surface area contributed by atoms with Crippen LogP contribution in [0.3, 0.4) is 0 Å². The number of nitrogens with one attached hydrogen (secondary N) is 2. The number of nitrogens with zero attached hydrogens (tertiary/aromatic N) is 3. The van der Waals surface area contributed by atoms with Crippen LogP contribution in [0.4, 0.5) is 11.4 Å². The Labute approximate surface area is 187 Å². The van der Waals surface area contributed by atoms with Gasteiger partial charge in [0.15, 0.2) is 5.65 Å². The van der Waals surface area contributed by atoms with Crippen LogP contribution >= 0.6 is 0 Å². The molecular formula is C25H31N5O2. The van der Waals surface area contributed by atoms with E-state index < -0.39 is 5.91 Å². The smallest absolute Gasteiger partial charge is 0.285 e. The average molecular weight is 434 g/mol. The Morgan fingerprint density at radius 1 is 1.06 bits per heavy atom. The Hall–Kier alpha value is -3.09. The number of piperidine rings is 1. The molecule has 1 saturated carbocycles. The first-order valence-electron chi connectivity index (χ1n) is 11.8. The zero-order valence-corrected chi connectivity index (χ0v) is 18.9. The molecule has 1 saturated heterocycles. The molecule has 2 aromatic heterocycles. The largest absolute Gasteiger partial charge is 0.370 e. The average Bonchev–Trinajstić information content (AvgIpc) is 3.42. The maximum atomic E-state index is 13.4. The molecule has 0 atom stereocenters. The summed E-state index contributed by atoms with van der Waals surface area (Å²) in [4.78, 5) is 33.7. The fraction of sp³-hybridized carbons (Fsp3) is 0.480.